The van der Waals surface area contributed by atoms with Crippen molar-refractivity contribution in [1.29, 1.82) is 0 Å². The summed E-state index contributed by atoms with van der Waals surface area (Å²) in [5, 5.41) is 24.1. The first-order valence-electron chi connectivity index (χ1n) is 15.7. The summed E-state index contributed by atoms with van der Waals surface area (Å²) in [5.41, 5.74) is 6.44. The highest BCUT2D eigenvalue weighted by Gasteiger charge is 2.57. The van der Waals surface area contributed by atoms with Crippen molar-refractivity contribution in [3.63, 3.8) is 0 Å². The van der Waals surface area contributed by atoms with Crippen molar-refractivity contribution in [3.8, 4) is 5.75 Å². The van der Waals surface area contributed by atoms with Crippen LogP contribution < -0.4 is 10.2 Å². The minimum Gasteiger partial charge on any atom is -0.508 e. The van der Waals surface area contributed by atoms with Crippen molar-refractivity contribution in [2.45, 2.75) is 45.0 Å². The number of allylic oxidation sites excluding steroid dienone is 1. The van der Waals surface area contributed by atoms with Gasteiger partial charge >= 0.3 is 7.12 Å². The van der Waals surface area contributed by atoms with E-state index in [0.717, 1.165) is 40.9 Å². The highest BCUT2D eigenvalue weighted by atomic mass is 16.5. The predicted octanol–water partition coefficient (Wildman–Crippen LogP) is 6.36. The van der Waals surface area contributed by atoms with Gasteiger partial charge in [-0.15, -0.1) is 0 Å². The minimum absolute atomic E-state index is 0.207. The Morgan fingerprint density at radius 2 is 1.78 bits per heavy atom. The molecule has 0 radical (unpaired) electrons. The van der Waals surface area contributed by atoms with Gasteiger partial charge in [-0.2, -0.15) is 0 Å². The Kier molecular flexibility index (Phi) is 9.21. The van der Waals surface area contributed by atoms with E-state index in [1.807, 2.05) is 54.6 Å². The number of anilines is 3. The molecule has 1 aliphatic carbocycles. The molecule has 3 aliphatic rings. The molecule has 0 spiro atoms. The van der Waals surface area contributed by atoms with Crippen molar-refractivity contribution in [3.05, 3.63) is 101 Å². The lowest BCUT2D eigenvalue weighted by molar-refractivity contribution is -0.122. The van der Waals surface area contributed by atoms with Crippen molar-refractivity contribution in [1.82, 2.24) is 0 Å². The van der Waals surface area contributed by atoms with Gasteiger partial charge in [0.15, 0.2) is 0 Å². The van der Waals surface area contributed by atoms with E-state index in [4.69, 9.17) is 9.39 Å². The van der Waals surface area contributed by atoms with Crippen molar-refractivity contribution < 1.29 is 29.1 Å². The second kappa shape index (κ2) is 13.4. The predicted molar refractivity (Wildman–Crippen MR) is 176 cm³/mol. The number of fused-ring (bicyclic) bond motifs is 3. The first-order valence-corrected chi connectivity index (χ1v) is 15.7. The van der Waals surface area contributed by atoms with Crippen LogP contribution in [0.5, 0.6) is 5.75 Å². The summed E-state index contributed by atoms with van der Waals surface area (Å²) in [6.07, 6.45) is 4.52. The van der Waals surface area contributed by atoms with Gasteiger partial charge < -0.3 is 24.8 Å². The molecule has 3 N–H and O–H groups in total. The number of hydrogen-bond donors (Lipinski definition) is 3. The Morgan fingerprint density at radius 3 is 2.49 bits per heavy atom. The van der Waals surface area contributed by atoms with Crippen LogP contribution in [-0.4, -0.2) is 48.9 Å². The van der Waals surface area contributed by atoms with Crippen LogP contribution in [0.15, 0.2) is 95.6 Å². The number of imide groups is 1. The zero-order valence-electron chi connectivity index (χ0n) is 25.7. The van der Waals surface area contributed by atoms with Crippen molar-refractivity contribution in [2.24, 2.45) is 17.8 Å². The highest BCUT2D eigenvalue weighted by Crippen LogP contribution is 2.51. The van der Waals surface area contributed by atoms with Crippen molar-refractivity contribution >= 4 is 42.1 Å². The Morgan fingerprint density at radius 1 is 1.02 bits per heavy atom. The van der Waals surface area contributed by atoms with Crippen LogP contribution >= 0.6 is 0 Å². The fourth-order valence-electron chi connectivity index (χ4n) is 7.22. The van der Waals surface area contributed by atoms with Gasteiger partial charge in [0.1, 0.15) is 5.75 Å². The number of aromatic hydroxyl groups is 1. The fraction of sp³-hybridized carbons (Fsp3) is 0.333. The van der Waals surface area contributed by atoms with Crippen LogP contribution in [0.3, 0.4) is 0 Å². The van der Waals surface area contributed by atoms with E-state index in [0.29, 0.717) is 25.1 Å². The zero-order chi connectivity index (χ0) is 31.5. The Labute approximate surface area is 264 Å². The zero-order valence-corrected chi connectivity index (χ0v) is 25.7. The maximum absolute atomic E-state index is 14.1. The molecule has 2 amide bonds. The molecule has 2 saturated heterocycles. The second-order valence-electron chi connectivity index (χ2n) is 12.1. The Bertz CT molecular complexity index is 1610. The number of rotatable bonds is 10. The van der Waals surface area contributed by atoms with Crippen molar-refractivity contribution in [2.75, 3.05) is 23.9 Å². The van der Waals surface area contributed by atoms with E-state index >= 15 is 0 Å². The smallest absolute Gasteiger partial charge is 0.455 e. The molecule has 3 aromatic rings. The number of nitrogens with zero attached hydrogens (tertiary/aromatic N) is 1. The van der Waals surface area contributed by atoms with E-state index in [1.165, 1.54) is 10.5 Å². The molecular formula is C36H39BN2O6. The molecule has 9 heteroatoms. The number of nitrogens with one attached hydrogen (secondary N) is 1. The number of phenolic OH excluding ortho intramolecular Hbond substituents is 1. The van der Waals surface area contributed by atoms with Crippen LogP contribution in [-0.2, 0) is 19.0 Å². The molecule has 45 heavy (non-hydrogen) atoms. The Hall–Kier alpha value is -4.18. The number of benzene rings is 3. The molecule has 0 bridgehead atoms. The van der Waals surface area contributed by atoms with Gasteiger partial charge in [0.2, 0.25) is 11.8 Å². The van der Waals surface area contributed by atoms with E-state index in [-0.39, 0.29) is 29.8 Å². The summed E-state index contributed by atoms with van der Waals surface area (Å²) < 4.78 is 11.7. The molecule has 0 saturated carbocycles. The van der Waals surface area contributed by atoms with Crippen LogP contribution in [0.4, 0.5) is 17.1 Å². The summed E-state index contributed by atoms with van der Waals surface area (Å²) in [6.45, 7) is 2.43. The molecule has 2 fully saturated rings. The molecule has 6 rings (SSSR count). The van der Waals surface area contributed by atoms with Gasteiger partial charge in [0, 0.05) is 18.5 Å². The van der Waals surface area contributed by atoms with E-state index in [2.05, 4.69) is 18.3 Å². The molecule has 232 valence electrons. The van der Waals surface area contributed by atoms with Crippen LogP contribution in [0.1, 0.15) is 38.2 Å². The Balaban J connectivity index is 1.24. The third-order valence-corrected chi connectivity index (χ3v) is 9.24. The number of para-hydroxylation sites is 1. The molecule has 0 unspecified atom stereocenters. The van der Waals surface area contributed by atoms with Crippen LogP contribution in [0.2, 0.25) is 6.32 Å². The average molecular weight is 607 g/mol. The second-order valence-corrected chi connectivity index (χ2v) is 12.1. The number of methoxy groups -OCH3 is 1. The standard InChI is InChI=1S/C36H39BN2O6/c1-3-23(18-24-8-7-11-29(40)19-24)12-17-32-33-25(22-44-2)20-30-34(31(33)21-37(43)45-32)36(42)39(35(30)41)28-15-13-27(14-16-28)38-26-9-5-4-6-10-26/h4-11,13-16,18-19,30-32,34,38,40,43H,3,12,17,20-22H2,1-2H3/b23-18+/t30-,31+,32-,34-/m1/s1. The van der Waals surface area contributed by atoms with Gasteiger partial charge in [0.05, 0.1) is 30.2 Å². The molecule has 2 heterocycles. The molecule has 0 aromatic heterocycles. The summed E-state index contributed by atoms with van der Waals surface area (Å²) in [6, 6.07) is 24.3. The number of ether oxygens (including phenoxy) is 1. The van der Waals surface area contributed by atoms with E-state index in [9.17, 15) is 19.7 Å². The summed E-state index contributed by atoms with van der Waals surface area (Å²) in [5.74, 6) is -1.61. The minimum atomic E-state index is -1.04. The van der Waals surface area contributed by atoms with Gasteiger partial charge in [-0.25, -0.2) is 0 Å². The number of hydrogen-bond acceptors (Lipinski definition) is 7. The molecule has 4 atom stereocenters. The van der Waals surface area contributed by atoms with Gasteiger partial charge in [-0.05, 0) is 103 Å². The number of phenols is 1. The van der Waals surface area contributed by atoms with E-state index < -0.39 is 25.1 Å². The van der Waals surface area contributed by atoms with Gasteiger partial charge in [0.25, 0.3) is 0 Å². The normalized spacial score (nSPS) is 23.3. The van der Waals surface area contributed by atoms with Crippen LogP contribution in [0.25, 0.3) is 6.08 Å². The lowest BCUT2D eigenvalue weighted by atomic mass is 9.58. The first kappa shape index (κ1) is 30.8. The number of carbonyl (C=O) groups is 2. The fourth-order valence-corrected chi connectivity index (χ4v) is 7.22. The molecule has 3 aromatic carbocycles. The summed E-state index contributed by atoms with van der Waals surface area (Å²) in [7, 11) is 0.598. The monoisotopic (exact) mass is 606 g/mol. The molecule has 8 nitrogen and oxygen atoms in total. The average Bonchev–Trinajstić information content (AvgIpc) is 3.29. The van der Waals surface area contributed by atoms with Gasteiger partial charge in [-0.3, -0.25) is 14.5 Å². The number of amides is 2. The largest absolute Gasteiger partial charge is 0.508 e. The van der Waals surface area contributed by atoms with E-state index in [1.54, 1.807) is 31.4 Å². The lowest BCUT2D eigenvalue weighted by Crippen LogP contribution is -2.46. The quantitative estimate of drug-likeness (QED) is 0.140. The topological polar surface area (TPSA) is 108 Å². The molecule has 2 aliphatic heterocycles. The highest BCUT2D eigenvalue weighted by molar-refractivity contribution is 6.43. The van der Waals surface area contributed by atoms with Crippen LogP contribution in [0, 0.1) is 17.8 Å². The molecular weight excluding hydrogens is 567 g/mol. The third kappa shape index (κ3) is 6.47. The third-order valence-electron chi connectivity index (χ3n) is 9.24. The SMILES string of the molecule is CC/C(=C\c1cccc(O)c1)CC[C@H]1OB(O)C[C@H]2C1=C(COC)C[C@H]1C(=O)N(c3ccc(Nc4ccccc4)cc3)C(=O)[C@H]12. The number of carbonyl (C=O) groups excluding carboxylic acids is 2. The maximum Gasteiger partial charge on any atom is 0.455 e. The summed E-state index contributed by atoms with van der Waals surface area (Å²) >= 11 is 0. The maximum atomic E-state index is 14.1. The summed E-state index contributed by atoms with van der Waals surface area (Å²) in [4.78, 5) is 29.3. The lowest BCUT2D eigenvalue weighted by Gasteiger charge is -2.43. The van der Waals surface area contributed by atoms with Gasteiger partial charge in [-0.1, -0.05) is 48.9 Å². The first-order chi connectivity index (χ1) is 21.9.